The maximum absolute atomic E-state index is 13.1. The predicted molar refractivity (Wildman–Crippen MR) is 135 cm³/mol. The lowest BCUT2D eigenvalue weighted by atomic mass is 9.86. The number of aromatic nitrogens is 4. The number of nitrogens with one attached hydrogen (secondary N) is 2. The van der Waals surface area contributed by atoms with E-state index in [-0.39, 0.29) is 23.8 Å². The highest BCUT2D eigenvalue weighted by Crippen LogP contribution is 2.32. The molecule has 2 aromatic heterocycles. The molecule has 2 unspecified atom stereocenters. The Bertz CT molecular complexity index is 1190. The third kappa shape index (κ3) is 4.51. The molecule has 0 radical (unpaired) electrons. The van der Waals surface area contributed by atoms with Gasteiger partial charge < -0.3 is 21.7 Å². The van der Waals surface area contributed by atoms with Crippen LogP contribution in [0.5, 0.6) is 0 Å². The summed E-state index contributed by atoms with van der Waals surface area (Å²) in [5.74, 6) is 2.23. The molecule has 9 nitrogen and oxygen atoms in total. The van der Waals surface area contributed by atoms with Gasteiger partial charge in [-0.3, -0.25) is 9.89 Å². The van der Waals surface area contributed by atoms with E-state index in [1.165, 1.54) is 12.8 Å². The summed E-state index contributed by atoms with van der Waals surface area (Å²) in [5.41, 5.74) is 14.5. The lowest BCUT2D eigenvalue weighted by Crippen LogP contribution is -2.49. The number of carbonyl (C=O) groups is 1. The molecule has 4 atom stereocenters. The molecule has 3 aromatic rings. The van der Waals surface area contributed by atoms with E-state index in [1.54, 1.807) is 0 Å². The zero-order valence-electron chi connectivity index (χ0n) is 19.9. The van der Waals surface area contributed by atoms with Gasteiger partial charge in [0.1, 0.15) is 5.82 Å². The first-order valence-corrected chi connectivity index (χ1v) is 12.3. The number of hydrogen-bond donors (Lipinski definition) is 4. The molecule has 9 heteroatoms. The molecule has 0 bridgehead atoms. The normalized spacial score (nSPS) is 25.4. The van der Waals surface area contributed by atoms with Crippen LogP contribution in [-0.4, -0.2) is 44.7 Å². The summed E-state index contributed by atoms with van der Waals surface area (Å²) in [6.45, 7) is 5.08. The molecule has 1 saturated carbocycles. The molecule has 3 heterocycles. The number of aromatic amines is 1. The molecule has 0 spiro atoms. The number of nitrogens with zero attached hydrogens (tertiary/aromatic N) is 4. The summed E-state index contributed by atoms with van der Waals surface area (Å²) >= 11 is 0. The monoisotopic (exact) mass is 462 g/mol. The first kappa shape index (κ1) is 22.4. The van der Waals surface area contributed by atoms with Gasteiger partial charge in [-0.15, -0.1) is 0 Å². The number of carbonyl (C=O) groups excluding carboxylic acids is 1. The Labute approximate surface area is 199 Å². The van der Waals surface area contributed by atoms with E-state index >= 15 is 0 Å². The lowest BCUT2D eigenvalue weighted by Gasteiger charge is -2.39. The third-order valence-corrected chi connectivity index (χ3v) is 7.45. The minimum absolute atomic E-state index is 0.0580. The van der Waals surface area contributed by atoms with Crippen LogP contribution in [0.1, 0.15) is 52.4 Å². The molecule has 1 saturated heterocycles. The van der Waals surface area contributed by atoms with Crippen LogP contribution in [0, 0.1) is 11.8 Å². The van der Waals surface area contributed by atoms with Crippen molar-refractivity contribution < 1.29 is 4.79 Å². The minimum atomic E-state index is -0.0580. The number of amides is 1. The topological polar surface area (TPSA) is 139 Å². The van der Waals surface area contributed by atoms with Crippen molar-refractivity contribution in [2.24, 2.45) is 11.8 Å². The van der Waals surface area contributed by atoms with Crippen molar-refractivity contribution in [2.75, 3.05) is 22.9 Å². The molecule has 34 heavy (non-hydrogen) atoms. The van der Waals surface area contributed by atoms with Gasteiger partial charge in [-0.25, -0.2) is 4.98 Å². The molecule has 1 amide bonds. The molecule has 1 aliphatic carbocycles. The van der Waals surface area contributed by atoms with E-state index < -0.39 is 0 Å². The van der Waals surface area contributed by atoms with Gasteiger partial charge in [0, 0.05) is 35.6 Å². The molecule has 5 rings (SSSR count). The molecule has 6 N–H and O–H groups in total. The van der Waals surface area contributed by atoms with Crippen LogP contribution in [0.15, 0.2) is 24.3 Å². The summed E-state index contributed by atoms with van der Waals surface area (Å²) in [4.78, 5) is 24.3. The maximum atomic E-state index is 13.1. The number of hydrogen-bond acceptors (Lipinski definition) is 7. The number of anilines is 3. The van der Waals surface area contributed by atoms with E-state index in [4.69, 9.17) is 11.5 Å². The van der Waals surface area contributed by atoms with Crippen LogP contribution in [-0.2, 0) is 4.79 Å². The average Bonchev–Trinajstić information content (AvgIpc) is 3.19. The summed E-state index contributed by atoms with van der Waals surface area (Å²) in [6.07, 6.45) is 6.44. The average molecular weight is 463 g/mol. The Morgan fingerprint density at radius 1 is 1.12 bits per heavy atom. The first-order valence-electron chi connectivity index (χ1n) is 12.3. The van der Waals surface area contributed by atoms with Crippen molar-refractivity contribution in [3.63, 3.8) is 0 Å². The fourth-order valence-corrected chi connectivity index (χ4v) is 5.47. The second-order valence-electron chi connectivity index (χ2n) is 10.1. The summed E-state index contributed by atoms with van der Waals surface area (Å²) in [6, 6.07) is 8.37. The Kier molecular flexibility index (Phi) is 6.02. The molecule has 1 aliphatic heterocycles. The Morgan fingerprint density at radius 2 is 1.97 bits per heavy atom. The number of nitrogens with two attached hydrogens (primary N) is 2. The number of fused-ring (bicyclic) bond motifs is 1. The van der Waals surface area contributed by atoms with Gasteiger partial charge >= 0.3 is 0 Å². The van der Waals surface area contributed by atoms with E-state index in [1.807, 2.05) is 24.3 Å². The van der Waals surface area contributed by atoms with Crippen molar-refractivity contribution >= 4 is 34.4 Å². The molecule has 2 aliphatic rings. The van der Waals surface area contributed by atoms with Crippen LogP contribution in [0.3, 0.4) is 0 Å². The summed E-state index contributed by atoms with van der Waals surface area (Å²) in [5, 5.41) is 11.2. The van der Waals surface area contributed by atoms with Gasteiger partial charge in [0.15, 0.2) is 5.82 Å². The fraction of sp³-hybridized carbons (Fsp3) is 0.520. The van der Waals surface area contributed by atoms with Crippen LogP contribution < -0.4 is 21.7 Å². The third-order valence-electron chi connectivity index (χ3n) is 7.45. The largest absolute Gasteiger partial charge is 0.382 e. The second-order valence-corrected chi connectivity index (χ2v) is 10.1. The maximum Gasteiger partial charge on any atom is 0.225 e. The highest BCUT2D eigenvalue weighted by atomic mass is 16.2. The van der Waals surface area contributed by atoms with Crippen LogP contribution in [0.4, 0.5) is 17.6 Å². The van der Waals surface area contributed by atoms with E-state index in [9.17, 15) is 4.79 Å². The minimum Gasteiger partial charge on any atom is -0.382 e. The van der Waals surface area contributed by atoms with Crippen molar-refractivity contribution in [2.45, 2.75) is 64.5 Å². The number of piperidine rings is 1. The van der Waals surface area contributed by atoms with Crippen molar-refractivity contribution in [1.82, 2.24) is 25.5 Å². The predicted octanol–water partition coefficient (Wildman–Crippen LogP) is 3.48. The van der Waals surface area contributed by atoms with Gasteiger partial charge in [-0.2, -0.15) is 10.1 Å². The van der Waals surface area contributed by atoms with E-state index in [0.717, 1.165) is 53.7 Å². The molecular formula is C25H34N8O. The quantitative estimate of drug-likeness (QED) is 0.465. The van der Waals surface area contributed by atoms with Crippen LogP contribution in [0.2, 0.25) is 0 Å². The molecular weight excluding hydrogens is 428 g/mol. The van der Waals surface area contributed by atoms with Gasteiger partial charge in [-0.1, -0.05) is 25.8 Å². The second kappa shape index (κ2) is 9.12. The van der Waals surface area contributed by atoms with E-state index in [2.05, 4.69) is 44.2 Å². The number of H-pyrrole nitrogens is 1. The smallest absolute Gasteiger partial charge is 0.225 e. The molecule has 2 fully saturated rings. The number of benzene rings is 1. The van der Waals surface area contributed by atoms with Crippen molar-refractivity contribution in [3.05, 3.63) is 24.3 Å². The van der Waals surface area contributed by atoms with Gasteiger partial charge in [0.2, 0.25) is 11.9 Å². The first-order chi connectivity index (χ1) is 16.4. The highest BCUT2D eigenvalue weighted by molar-refractivity contribution is 5.91. The SMILES string of the molecule is CC1CCCC(NC(=O)[C@H]2CC[C@@H](C)N(c3cc(-c4ccc5c(N)n[nH]c5c4)nc(N)n3)C2)C1. The van der Waals surface area contributed by atoms with Crippen molar-refractivity contribution in [1.29, 1.82) is 0 Å². The van der Waals surface area contributed by atoms with E-state index in [0.29, 0.717) is 24.3 Å². The van der Waals surface area contributed by atoms with Gasteiger partial charge in [-0.05, 0) is 50.7 Å². The fourth-order valence-electron chi connectivity index (χ4n) is 5.47. The van der Waals surface area contributed by atoms with Crippen LogP contribution >= 0.6 is 0 Å². The number of nitrogen functional groups attached to an aromatic ring is 2. The summed E-state index contributed by atoms with van der Waals surface area (Å²) < 4.78 is 0. The van der Waals surface area contributed by atoms with Gasteiger partial charge in [0.25, 0.3) is 0 Å². The van der Waals surface area contributed by atoms with Crippen LogP contribution in [0.25, 0.3) is 22.2 Å². The number of rotatable bonds is 4. The Hall–Kier alpha value is -3.36. The zero-order chi connectivity index (χ0) is 23.8. The van der Waals surface area contributed by atoms with Gasteiger partial charge in [0.05, 0.1) is 17.1 Å². The Balaban J connectivity index is 1.36. The molecule has 180 valence electrons. The lowest BCUT2D eigenvalue weighted by molar-refractivity contribution is -0.126. The Morgan fingerprint density at radius 3 is 2.79 bits per heavy atom. The summed E-state index contributed by atoms with van der Waals surface area (Å²) in [7, 11) is 0. The molecule has 1 aromatic carbocycles. The zero-order valence-corrected chi connectivity index (χ0v) is 19.9. The standard InChI is InChI=1S/C25H34N8O/c1-14-4-3-5-18(10-14)28-24(34)17-7-6-15(2)33(13-17)22-12-20(29-25(27)30-22)16-8-9-19-21(11-16)31-32-23(19)26/h8-9,11-12,14-15,17-18H,3-7,10,13H2,1-2H3,(H,28,34)(H3,26,31,32)(H2,27,29,30)/t14?,15-,17+,18?/m1/s1. The van der Waals surface area contributed by atoms with Crippen molar-refractivity contribution in [3.8, 4) is 11.3 Å². The highest BCUT2D eigenvalue weighted by Gasteiger charge is 2.32.